The molecule has 110 valence electrons. The number of halogens is 1. The molecule has 0 amide bonds. The van der Waals surface area contributed by atoms with E-state index in [9.17, 15) is 4.39 Å². The Bertz CT molecular complexity index is 619. The van der Waals surface area contributed by atoms with E-state index in [1.54, 1.807) is 6.07 Å². The predicted molar refractivity (Wildman–Crippen MR) is 82.6 cm³/mol. The van der Waals surface area contributed by atoms with Crippen LogP contribution in [0.2, 0.25) is 0 Å². The fourth-order valence-corrected chi connectivity index (χ4v) is 2.36. The van der Waals surface area contributed by atoms with Gasteiger partial charge in [-0.3, -0.25) is 4.90 Å². The number of aryl methyl sites for hydroxylation is 1. The second-order valence-electron chi connectivity index (χ2n) is 5.37. The molecule has 0 atom stereocenters. The molecule has 0 unspecified atom stereocenters. The molecule has 0 spiro atoms. The van der Waals surface area contributed by atoms with Crippen molar-refractivity contribution in [3.63, 3.8) is 0 Å². The summed E-state index contributed by atoms with van der Waals surface area (Å²) in [6.07, 6.45) is 0. The standard InChI is InChI=1S/C16H19BFNO2/c1-12-5-3-4-6-14(12)11-19(2)10-13-7-15(17(20)21)9-16(18)8-13/h3-9,20-21H,10-11H2,1-2H3. The van der Waals surface area contributed by atoms with Crippen molar-refractivity contribution >= 4 is 12.6 Å². The van der Waals surface area contributed by atoms with Crippen LogP contribution in [0.3, 0.4) is 0 Å². The Morgan fingerprint density at radius 3 is 2.48 bits per heavy atom. The van der Waals surface area contributed by atoms with E-state index in [0.29, 0.717) is 12.1 Å². The van der Waals surface area contributed by atoms with Crippen molar-refractivity contribution in [2.75, 3.05) is 7.05 Å². The molecule has 0 radical (unpaired) electrons. The average molecular weight is 287 g/mol. The zero-order valence-electron chi connectivity index (χ0n) is 12.3. The zero-order chi connectivity index (χ0) is 15.4. The fraction of sp³-hybridized carbons (Fsp3) is 0.250. The van der Waals surface area contributed by atoms with Crippen LogP contribution in [0.25, 0.3) is 0 Å². The highest BCUT2D eigenvalue weighted by molar-refractivity contribution is 6.58. The maximum Gasteiger partial charge on any atom is 0.488 e. The van der Waals surface area contributed by atoms with Crippen molar-refractivity contribution in [3.05, 3.63) is 65.0 Å². The molecule has 0 fully saturated rings. The third kappa shape index (κ3) is 4.39. The summed E-state index contributed by atoms with van der Waals surface area (Å²) >= 11 is 0. The van der Waals surface area contributed by atoms with E-state index >= 15 is 0 Å². The Morgan fingerprint density at radius 2 is 1.81 bits per heavy atom. The zero-order valence-corrected chi connectivity index (χ0v) is 12.3. The average Bonchev–Trinajstić information content (AvgIpc) is 2.40. The molecule has 0 aliphatic rings. The van der Waals surface area contributed by atoms with Gasteiger partial charge in [0.05, 0.1) is 0 Å². The largest absolute Gasteiger partial charge is 0.488 e. The first-order valence-electron chi connectivity index (χ1n) is 6.84. The SMILES string of the molecule is Cc1ccccc1CN(C)Cc1cc(F)cc(B(O)O)c1. The second kappa shape index (κ2) is 6.85. The normalized spacial score (nSPS) is 11.0. The summed E-state index contributed by atoms with van der Waals surface area (Å²) < 4.78 is 13.5. The molecule has 2 aromatic carbocycles. The third-order valence-corrected chi connectivity index (χ3v) is 3.43. The van der Waals surface area contributed by atoms with Gasteiger partial charge in [-0.1, -0.05) is 30.3 Å². The molecule has 2 rings (SSSR count). The Labute approximate surface area is 124 Å². The van der Waals surface area contributed by atoms with Gasteiger partial charge in [0.25, 0.3) is 0 Å². The summed E-state index contributed by atoms with van der Waals surface area (Å²) in [4.78, 5) is 2.06. The van der Waals surface area contributed by atoms with Gasteiger partial charge < -0.3 is 10.0 Å². The van der Waals surface area contributed by atoms with Crippen LogP contribution in [0.1, 0.15) is 16.7 Å². The number of hydrogen-bond donors (Lipinski definition) is 2. The molecule has 0 heterocycles. The monoisotopic (exact) mass is 287 g/mol. The minimum absolute atomic E-state index is 0.175. The highest BCUT2D eigenvalue weighted by Crippen LogP contribution is 2.12. The van der Waals surface area contributed by atoms with Crippen LogP contribution in [0, 0.1) is 12.7 Å². The van der Waals surface area contributed by atoms with E-state index in [0.717, 1.165) is 12.6 Å². The Balaban J connectivity index is 2.09. The number of rotatable bonds is 5. The van der Waals surface area contributed by atoms with Crippen LogP contribution in [0.4, 0.5) is 4.39 Å². The smallest absolute Gasteiger partial charge is 0.423 e. The third-order valence-electron chi connectivity index (χ3n) is 3.43. The molecule has 3 nitrogen and oxygen atoms in total. The van der Waals surface area contributed by atoms with Crippen molar-refractivity contribution in [2.24, 2.45) is 0 Å². The lowest BCUT2D eigenvalue weighted by molar-refractivity contribution is 0.318. The second-order valence-corrected chi connectivity index (χ2v) is 5.37. The van der Waals surface area contributed by atoms with Crippen LogP contribution < -0.4 is 5.46 Å². The van der Waals surface area contributed by atoms with Crippen LogP contribution in [0.15, 0.2) is 42.5 Å². The van der Waals surface area contributed by atoms with Crippen LogP contribution in [-0.4, -0.2) is 29.1 Å². The molecular formula is C16H19BFNO2. The summed E-state index contributed by atoms with van der Waals surface area (Å²) in [5, 5.41) is 18.3. The summed E-state index contributed by atoms with van der Waals surface area (Å²) in [7, 11) is 0.299. The van der Waals surface area contributed by atoms with E-state index in [1.807, 2.05) is 19.2 Å². The number of hydrogen-bond acceptors (Lipinski definition) is 3. The maximum atomic E-state index is 13.5. The van der Waals surface area contributed by atoms with Crippen LogP contribution >= 0.6 is 0 Å². The van der Waals surface area contributed by atoms with Crippen molar-refractivity contribution in [2.45, 2.75) is 20.0 Å². The van der Waals surface area contributed by atoms with Crippen LogP contribution in [-0.2, 0) is 13.1 Å². The Kier molecular flexibility index (Phi) is 5.12. The van der Waals surface area contributed by atoms with Crippen LogP contribution in [0.5, 0.6) is 0 Å². The first-order valence-corrected chi connectivity index (χ1v) is 6.84. The van der Waals surface area contributed by atoms with Gasteiger partial charge in [0.15, 0.2) is 0 Å². The van der Waals surface area contributed by atoms with Gasteiger partial charge in [-0.25, -0.2) is 4.39 Å². The summed E-state index contributed by atoms with van der Waals surface area (Å²) in [6, 6.07) is 12.3. The lowest BCUT2D eigenvalue weighted by Gasteiger charge is -2.18. The van der Waals surface area contributed by atoms with Gasteiger partial charge in [-0.05, 0) is 48.3 Å². The number of nitrogens with zero attached hydrogens (tertiary/aromatic N) is 1. The molecule has 0 saturated heterocycles. The first-order chi connectivity index (χ1) is 9.95. The van der Waals surface area contributed by atoms with Gasteiger partial charge in [-0.2, -0.15) is 0 Å². The number of benzene rings is 2. The first kappa shape index (κ1) is 15.7. The molecule has 0 aliphatic heterocycles. The van der Waals surface area contributed by atoms with E-state index in [2.05, 4.69) is 24.0 Å². The van der Waals surface area contributed by atoms with Gasteiger partial charge in [-0.15, -0.1) is 0 Å². The lowest BCUT2D eigenvalue weighted by atomic mass is 9.79. The topological polar surface area (TPSA) is 43.7 Å². The van der Waals surface area contributed by atoms with Gasteiger partial charge >= 0.3 is 7.12 Å². The van der Waals surface area contributed by atoms with Crippen molar-refractivity contribution in [1.29, 1.82) is 0 Å². The summed E-state index contributed by atoms with van der Waals surface area (Å²) in [6.45, 7) is 3.34. The Hall–Kier alpha value is -1.69. The van der Waals surface area contributed by atoms with E-state index < -0.39 is 12.9 Å². The minimum atomic E-state index is -1.65. The lowest BCUT2D eigenvalue weighted by Crippen LogP contribution is -2.31. The molecular weight excluding hydrogens is 268 g/mol. The molecule has 0 aromatic heterocycles. The highest BCUT2D eigenvalue weighted by Gasteiger charge is 2.14. The minimum Gasteiger partial charge on any atom is -0.423 e. The molecule has 2 N–H and O–H groups in total. The fourth-order valence-electron chi connectivity index (χ4n) is 2.36. The maximum absolute atomic E-state index is 13.5. The van der Waals surface area contributed by atoms with Crippen molar-refractivity contribution in [3.8, 4) is 0 Å². The van der Waals surface area contributed by atoms with E-state index in [4.69, 9.17) is 10.0 Å². The van der Waals surface area contributed by atoms with E-state index in [-0.39, 0.29) is 5.46 Å². The van der Waals surface area contributed by atoms with Gasteiger partial charge in [0.1, 0.15) is 5.82 Å². The summed E-state index contributed by atoms with van der Waals surface area (Å²) in [5.41, 5.74) is 3.33. The summed E-state index contributed by atoms with van der Waals surface area (Å²) in [5.74, 6) is -0.458. The molecule has 0 aliphatic carbocycles. The molecule has 0 bridgehead atoms. The van der Waals surface area contributed by atoms with Crippen molar-refractivity contribution < 1.29 is 14.4 Å². The molecule has 21 heavy (non-hydrogen) atoms. The molecule has 2 aromatic rings. The molecule has 5 heteroatoms. The van der Waals surface area contributed by atoms with Crippen molar-refractivity contribution in [1.82, 2.24) is 4.90 Å². The highest BCUT2D eigenvalue weighted by atomic mass is 19.1. The van der Waals surface area contributed by atoms with E-state index in [1.165, 1.54) is 17.2 Å². The van der Waals surface area contributed by atoms with Gasteiger partial charge in [0, 0.05) is 13.1 Å². The quantitative estimate of drug-likeness (QED) is 0.818. The molecule has 0 saturated carbocycles. The predicted octanol–water partition coefficient (Wildman–Crippen LogP) is 1.45. The van der Waals surface area contributed by atoms with Gasteiger partial charge in [0.2, 0.25) is 0 Å². The Morgan fingerprint density at radius 1 is 1.10 bits per heavy atom.